The van der Waals surface area contributed by atoms with Gasteiger partial charge in [-0.1, -0.05) is 12.1 Å². The maximum atomic E-state index is 12.3. The summed E-state index contributed by atoms with van der Waals surface area (Å²) < 4.78 is 27.0. The Labute approximate surface area is 111 Å². The molecule has 6 nitrogen and oxygen atoms in total. The standard InChI is InChI=1S/C12H15N3O3S/c1-8-12(9(2)14-13-8)19(17,18)15-11-5-3-4-10(6-11)7-16/h3-6,15-16H,7H2,1-2H3,(H,13,14). The van der Waals surface area contributed by atoms with Crippen molar-refractivity contribution in [2.45, 2.75) is 25.3 Å². The molecule has 7 heteroatoms. The molecule has 0 aliphatic carbocycles. The molecule has 0 unspecified atom stereocenters. The van der Waals surface area contributed by atoms with E-state index in [0.717, 1.165) is 0 Å². The normalized spacial score (nSPS) is 11.5. The Bertz CT molecular complexity index is 672. The molecule has 0 spiro atoms. The van der Waals surface area contributed by atoms with Crippen LogP contribution in [0, 0.1) is 13.8 Å². The molecular formula is C12H15N3O3S. The Morgan fingerprint density at radius 1 is 1.37 bits per heavy atom. The highest BCUT2D eigenvalue weighted by Crippen LogP contribution is 2.21. The first-order chi connectivity index (χ1) is 8.94. The highest BCUT2D eigenvalue weighted by molar-refractivity contribution is 7.92. The van der Waals surface area contributed by atoms with Gasteiger partial charge < -0.3 is 5.11 Å². The van der Waals surface area contributed by atoms with Crippen molar-refractivity contribution in [3.8, 4) is 0 Å². The summed E-state index contributed by atoms with van der Waals surface area (Å²) in [5.41, 5.74) is 1.96. The van der Waals surface area contributed by atoms with Crippen molar-refractivity contribution >= 4 is 15.7 Å². The summed E-state index contributed by atoms with van der Waals surface area (Å²) in [6.07, 6.45) is 0. The highest BCUT2D eigenvalue weighted by Gasteiger charge is 2.22. The summed E-state index contributed by atoms with van der Waals surface area (Å²) in [6.45, 7) is 3.14. The van der Waals surface area contributed by atoms with Crippen molar-refractivity contribution in [2.75, 3.05) is 4.72 Å². The smallest absolute Gasteiger partial charge is 0.265 e. The molecule has 102 valence electrons. The molecular weight excluding hydrogens is 266 g/mol. The fraction of sp³-hybridized carbons (Fsp3) is 0.250. The number of aryl methyl sites for hydroxylation is 2. The predicted octanol–water partition coefficient (Wildman–Crippen LogP) is 1.32. The molecule has 0 aliphatic heterocycles. The van der Waals surface area contributed by atoms with E-state index in [1.165, 1.54) is 0 Å². The molecule has 0 bridgehead atoms. The monoisotopic (exact) mass is 281 g/mol. The lowest BCUT2D eigenvalue weighted by molar-refractivity contribution is 0.282. The van der Waals surface area contributed by atoms with E-state index in [1.54, 1.807) is 38.1 Å². The van der Waals surface area contributed by atoms with Crippen molar-refractivity contribution < 1.29 is 13.5 Å². The number of benzene rings is 1. The number of aromatic amines is 1. The molecule has 0 radical (unpaired) electrons. The second-order valence-corrected chi connectivity index (χ2v) is 5.85. The number of hydrogen-bond acceptors (Lipinski definition) is 4. The Morgan fingerprint density at radius 3 is 2.68 bits per heavy atom. The first-order valence-electron chi connectivity index (χ1n) is 5.68. The van der Waals surface area contributed by atoms with Crippen molar-refractivity contribution in [1.82, 2.24) is 10.2 Å². The van der Waals surface area contributed by atoms with E-state index < -0.39 is 10.0 Å². The Morgan fingerprint density at radius 2 is 2.11 bits per heavy atom. The van der Waals surface area contributed by atoms with Gasteiger partial charge in [-0.05, 0) is 31.5 Å². The first-order valence-corrected chi connectivity index (χ1v) is 7.16. The molecule has 1 heterocycles. The van der Waals surface area contributed by atoms with Gasteiger partial charge in [0.2, 0.25) is 0 Å². The molecule has 3 N–H and O–H groups in total. The zero-order chi connectivity index (χ0) is 14.0. The largest absolute Gasteiger partial charge is 0.392 e. The number of aromatic nitrogens is 2. The number of aliphatic hydroxyl groups excluding tert-OH is 1. The number of H-pyrrole nitrogens is 1. The van der Waals surface area contributed by atoms with Gasteiger partial charge in [0.1, 0.15) is 4.90 Å². The molecule has 2 aromatic rings. The van der Waals surface area contributed by atoms with E-state index in [0.29, 0.717) is 22.6 Å². The third kappa shape index (κ3) is 2.77. The van der Waals surface area contributed by atoms with Crippen molar-refractivity contribution in [3.05, 3.63) is 41.2 Å². The van der Waals surface area contributed by atoms with E-state index in [-0.39, 0.29) is 11.5 Å². The van der Waals surface area contributed by atoms with E-state index in [1.807, 2.05) is 0 Å². The fourth-order valence-corrected chi connectivity index (χ4v) is 3.30. The van der Waals surface area contributed by atoms with Gasteiger partial charge in [-0.25, -0.2) is 8.42 Å². The van der Waals surface area contributed by atoms with Crippen LogP contribution in [0.1, 0.15) is 17.0 Å². The molecule has 0 aliphatic rings. The van der Waals surface area contributed by atoms with Crippen LogP contribution in [0.5, 0.6) is 0 Å². The third-order valence-corrected chi connectivity index (χ3v) is 4.33. The summed E-state index contributed by atoms with van der Waals surface area (Å²) in [5, 5.41) is 15.6. The minimum Gasteiger partial charge on any atom is -0.392 e. The average Bonchev–Trinajstić information content (AvgIpc) is 2.69. The number of sulfonamides is 1. The van der Waals surface area contributed by atoms with Crippen LogP contribution in [-0.2, 0) is 16.6 Å². The number of hydrogen-bond donors (Lipinski definition) is 3. The number of rotatable bonds is 4. The van der Waals surface area contributed by atoms with E-state index in [9.17, 15) is 8.42 Å². The summed E-state index contributed by atoms with van der Waals surface area (Å²) in [5.74, 6) is 0. The molecule has 0 atom stereocenters. The lowest BCUT2D eigenvalue weighted by atomic mass is 10.2. The summed E-state index contributed by atoms with van der Waals surface area (Å²) in [6, 6.07) is 6.61. The van der Waals surface area contributed by atoms with Crippen LogP contribution in [0.15, 0.2) is 29.2 Å². The zero-order valence-electron chi connectivity index (χ0n) is 10.6. The van der Waals surface area contributed by atoms with Gasteiger partial charge in [0.15, 0.2) is 0 Å². The van der Waals surface area contributed by atoms with Crippen molar-refractivity contribution in [2.24, 2.45) is 0 Å². The number of aliphatic hydroxyl groups is 1. The summed E-state index contributed by atoms with van der Waals surface area (Å²) in [4.78, 5) is 0.155. The van der Waals surface area contributed by atoms with Gasteiger partial charge in [-0.2, -0.15) is 5.10 Å². The molecule has 1 aromatic carbocycles. The van der Waals surface area contributed by atoms with Crippen LogP contribution >= 0.6 is 0 Å². The molecule has 0 saturated heterocycles. The number of nitrogens with one attached hydrogen (secondary N) is 2. The number of nitrogens with zero attached hydrogens (tertiary/aromatic N) is 1. The Balaban J connectivity index is 2.36. The molecule has 0 fully saturated rings. The van der Waals surface area contributed by atoms with Crippen LogP contribution in [0.3, 0.4) is 0 Å². The minimum atomic E-state index is -3.68. The summed E-state index contributed by atoms with van der Waals surface area (Å²) >= 11 is 0. The minimum absolute atomic E-state index is 0.140. The maximum Gasteiger partial charge on any atom is 0.265 e. The Hall–Kier alpha value is -1.86. The SMILES string of the molecule is Cc1n[nH]c(C)c1S(=O)(=O)Nc1cccc(CO)c1. The predicted molar refractivity (Wildman–Crippen MR) is 71.2 cm³/mol. The lowest BCUT2D eigenvalue weighted by Gasteiger charge is -2.09. The Kier molecular flexibility index (Phi) is 3.59. The zero-order valence-corrected chi connectivity index (χ0v) is 11.5. The maximum absolute atomic E-state index is 12.3. The summed E-state index contributed by atoms with van der Waals surface area (Å²) in [7, 11) is -3.68. The average molecular weight is 281 g/mol. The van der Waals surface area contributed by atoms with Crippen molar-refractivity contribution in [1.29, 1.82) is 0 Å². The van der Waals surface area contributed by atoms with E-state index in [2.05, 4.69) is 14.9 Å². The molecule has 2 rings (SSSR count). The van der Waals surface area contributed by atoms with Gasteiger partial charge in [0.25, 0.3) is 10.0 Å². The highest BCUT2D eigenvalue weighted by atomic mass is 32.2. The first kappa shape index (κ1) is 13.6. The van der Waals surface area contributed by atoms with Crippen LogP contribution in [0.25, 0.3) is 0 Å². The topological polar surface area (TPSA) is 95.1 Å². The molecule has 19 heavy (non-hydrogen) atoms. The molecule has 1 aromatic heterocycles. The van der Waals surface area contributed by atoms with Gasteiger partial charge in [-0.3, -0.25) is 9.82 Å². The van der Waals surface area contributed by atoms with Crippen molar-refractivity contribution in [3.63, 3.8) is 0 Å². The van der Waals surface area contributed by atoms with E-state index >= 15 is 0 Å². The molecule has 0 amide bonds. The van der Waals surface area contributed by atoms with E-state index in [4.69, 9.17) is 5.11 Å². The van der Waals surface area contributed by atoms with Gasteiger partial charge in [0.05, 0.1) is 18.0 Å². The molecule has 0 saturated carbocycles. The quantitative estimate of drug-likeness (QED) is 0.787. The second kappa shape index (κ2) is 5.02. The van der Waals surface area contributed by atoms with Gasteiger partial charge in [0, 0.05) is 5.69 Å². The van der Waals surface area contributed by atoms with Crippen LogP contribution < -0.4 is 4.72 Å². The fourth-order valence-electron chi connectivity index (χ4n) is 1.88. The van der Waals surface area contributed by atoms with Crippen LogP contribution in [0.2, 0.25) is 0 Å². The lowest BCUT2D eigenvalue weighted by Crippen LogP contribution is -2.14. The second-order valence-electron chi connectivity index (χ2n) is 4.23. The van der Waals surface area contributed by atoms with Crippen LogP contribution in [0.4, 0.5) is 5.69 Å². The van der Waals surface area contributed by atoms with Crippen LogP contribution in [-0.4, -0.2) is 23.7 Å². The van der Waals surface area contributed by atoms with Gasteiger partial charge in [-0.15, -0.1) is 0 Å². The van der Waals surface area contributed by atoms with Gasteiger partial charge >= 0.3 is 0 Å². The third-order valence-electron chi connectivity index (χ3n) is 2.69. The number of anilines is 1.